The van der Waals surface area contributed by atoms with Gasteiger partial charge in [0.1, 0.15) is 17.2 Å². The van der Waals surface area contributed by atoms with E-state index in [1.54, 1.807) is 11.5 Å². The minimum absolute atomic E-state index is 0.399. The zero-order chi connectivity index (χ0) is 29.0. The molecule has 0 aromatic heterocycles. The molecule has 0 aliphatic rings. The number of anilines is 1. The maximum atomic E-state index is 12.0. The normalized spacial score (nSPS) is 10.8. The lowest BCUT2D eigenvalue weighted by Crippen LogP contribution is -2.25. The van der Waals surface area contributed by atoms with E-state index in [0.29, 0.717) is 28.7 Å². The zero-order valence-electron chi connectivity index (χ0n) is 24.7. The summed E-state index contributed by atoms with van der Waals surface area (Å²) in [7, 11) is 0. The second-order valence-electron chi connectivity index (χ2n) is 10.7. The summed E-state index contributed by atoms with van der Waals surface area (Å²) in [6.07, 6.45) is 19.3. The van der Waals surface area contributed by atoms with Gasteiger partial charge in [0.05, 0.1) is 5.69 Å². The van der Waals surface area contributed by atoms with Crippen LogP contribution in [0.25, 0.3) is 0 Å². The monoisotopic (exact) mass is 560 g/mol. The summed E-state index contributed by atoms with van der Waals surface area (Å²) in [6, 6.07) is 22.0. The maximum absolute atomic E-state index is 12.0. The Morgan fingerprint density at radius 2 is 1.10 bits per heavy atom. The number of para-hydroxylation sites is 2. The predicted octanol–water partition coefficient (Wildman–Crippen LogP) is 10.8. The Kier molecular flexibility index (Phi) is 15.3. The van der Waals surface area contributed by atoms with Crippen LogP contribution in [-0.4, -0.2) is 11.2 Å². The van der Waals surface area contributed by atoms with Crippen LogP contribution in [0.4, 0.5) is 10.5 Å². The molecule has 0 heterocycles. The van der Waals surface area contributed by atoms with Crippen molar-refractivity contribution in [1.29, 1.82) is 0 Å². The SMILES string of the molecule is CCCCCCCCCCCCCCCCc1cc(Oc2ccccc2)c(NC(=O)NO)cc1Oc1ccccc1. The Morgan fingerprint density at radius 1 is 0.634 bits per heavy atom. The molecule has 0 fully saturated rings. The fourth-order valence-corrected chi connectivity index (χ4v) is 4.97. The molecule has 3 N–H and O–H groups in total. The van der Waals surface area contributed by atoms with Crippen LogP contribution in [0.3, 0.4) is 0 Å². The zero-order valence-corrected chi connectivity index (χ0v) is 24.7. The van der Waals surface area contributed by atoms with Crippen LogP contribution in [0.1, 0.15) is 102 Å². The molecule has 3 aromatic carbocycles. The van der Waals surface area contributed by atoms with E-state index < -0.39 is 6.03 Å². The summed E-state index contributed by atoms with van der Waals surface area (Å²) in [5, 5.41) is 11.7. The van der Waals surface area contributed by atoms with E-state index in [9.17, 15) is 4.79 Å². The van der Waals surface area contributed by atoms with E-state index in [1.165, 1.54) is 77.0 Å². The van der Waals surface area contributed by atoms with Crippen molar-refractivity contribution in [1.82, 2.24) is 5.48 Å². The molecule has 0 radical (unpaired) electrons. The molecule has 2 amide bonds. The molecule has 0 saturated carbocycles. The number of nitrogens with one attached hydrogen (secondary N) is 2. The number of benzene rings is 3. The fourth-order valence-electron chi connectivity index (χ4n) is 4.97. The molecule has 6 nitrogen and oxygen atoms in total. The largest absolute Gasteiger partial charge is 0.457 e. The average Bonchev–Trinajstić information content (AvgIpc) is 3.00. The average molecular weight is 561 g/mol. The van der Waals surface area contributed by atoms with Gasteiger partial charge in [-0.3, -0.25) is 5.21 Å². The van der Waals surface area contributed by atoms with Crippen molar-refractivity contribution in [3.8, 4) is 23.0 Å². The van der Waals surface area contributed by atoms with E-state index in [4.69, 9.17) is 14.7 Å². The summed E-state index contributed by atoms with van der Waals surface area (Å²) < 4.78 is 12.4. The number of hydrogen-bond acceptors (Lipinski definition) is 4. The van der Waals surface area contributed by atoms with Gasteiger partial charge in [-0.1, -0.05) is 127 Å². The van der Waals surface area contributed by atoms with E-state index in [-0.39, 0.29) is 0 Å². The Labute approximate surface area is 246 Å². The van der Waals surface area contributed by atoms with E-state index >= 15 is 0 Å². The van der Waals surface area contributed by atoms with Gasteiger partial charge in [0.25, 0.3) is 0 Å². The topological polar surface area (TPSA) is 79.8 Å². The number of hydroxylamine groups is 1. The summed E-state index contributed by atoms with van der Waals surface area (Å²) >= 11 is 0. The molecule has 0 aliphatic carbocycles. The molecule has 0 bridgehead atoms. The molecule has 0 atom stereocenters. The second kappa shape index (κ2) is 19.5. The number of aryl methyl sites for hydroxylation is 1. The third kappa shape index (κ3) is 12.7. The third-order valence-electron chi connectivity index (χ3n) is 7.25. The van der Waals surface area contributed by atoms with Crippen LogP contribution >= 0.6 is 0 Å². The predicted molar refractivity (Wildman–Crippen MR) is 167 cm³/mol. The highest BCUT2D eigenvalue weighted by molar-refractivity contribution is 5.90. The molecule has 6 heteroatoms. The van der Waals surface area contributed by atoms with Crippen molar-refractivity contribution in [3.05, 3.63) is 78.4 Å². The molecule has 3 aromatic rings. The number of carbonyl (C=O) groups excluding carboxylic acids is 1. The lowest BCUT2D eigenvalue weighted by Gasteiger charge is -2.18. The van der Waals surface area contributed by atoms with Gasteiger partial charge in [0.2, 0.25) is 0 Å². The Morgan fingerprint density at radius 3 is 1.59 bits per heavy atom. The summed E-state index contributed by atoms with van der Waals surface area (Å²) in [5.74, 6) is 2.50. The first-order chi connectivity index (χ1) is 20.2. The number of hydrogen-bond donors (Lipinski definition) is 3. The Balaban J connectivity index is 1.55. The Hall–Kier alpha value is -3.51. The minimum atomic E-state index is -0.756. The van der Waals surface area contributed by atoms with Crippen molar-refractivity contribution in [2.24, 2.45) is 0 Å². The first-order valence-corrected chi connectivity index (χ1v) is 15.5. The number of rotatable bonds is 20. The summed E-state index contributed by atoms with van der Waals surface area (Å²) in [6.45, 7) is 2.27. The molecule has 0 spiro atoms. The molecule has 3 rings (SSSR count). The standard InChI is InChI=1S/C35H48N2O4/c1-2-3-4-5-6-7-8-9-10-11-12-13-14-17-22-29-27-34(41-31-25-20-16-21-26-31)32(36-35(38)37-39)28-33(29)40-30-23-18-15-19-24-30/h15-16,18-21,23-28,39H,2-14,17,22H2,1H3,(H2,36,37,38). The molecule has 222 valence electrons. The number of ether oxygens (including phenoxy) is 2. The van der Waals surface area contributed by atoms with Gasteiger partial charge in [-0.25, -0.2) is 10.3 Å². The van der Waals surface area contributed by atoms with Crippen LogP contribution in [0.15, 0.2) is 72.8 Å². The molecular formula is C35H48N2O4. The van der Waals surface area contributed by atoms with Crippen LogP contribution in [0, 0.1) is 0 Å². The highest BCUT2D eigenvalue weighted by Gasteiger charge is 2.16. The number of carbonyl (C=O) groups is 1. The number of amides is 2. The smallest absolute Gasteiger partial charge is 0.343 e. The highest BCUT2D eigenvalue weighted by Crippen LogP contribution is 2.38. The molecule has 0 saturated heterocycles. The first-order valence-electron chi connectivity index (χ1n) is 15.5. The van der Waals surface area contributed by atoms with Gasteiger partial charge in [0, 0.05) is 6.07 Å². The van der Waals surface area contributed by atoms with Crippen LogP contribution in [0.2, 0.25) is 0 Å². The molecule has 0 unspecified atom stereocenters. The quantitative estimate of drug-likeness (QED) is 0.0729. The summed E-state index contributed by atoms with van der Waals surface area (Å²) in [4.78, 5) is 12.0. The van der Waals surface area contributed by atoms with Gasteiger partial charge < -0.3 is 14.8 Å². The number of unbranched alkanes of at least 4 members (excludes halogenated alkanes) is 13. The second-order valence-corrected chi connectivity index (χ2v) is 10.7. The van der Waals surface area contributed by atoms with Crippen molar-refractivity contribution in [2.45, 2.75) is 103 Å². The summed E-state index contributed by atoms with van der Waals surface area (Å²) in [5.41, 5.74) is 3.03. The lowest BCUT2D eigenvalue weighted by atomic mass is 10.0. The van der Waals surface area contributed by atoms with Crippen LogP contribution in [0.5, 0.6) is 23.0 Å². The van der Waals surface area contributed by atoms with Crippen molar-refractivity contribution >= 4 is 11.7 Å². The van der Waals surface area contributed by atoms with Gasteiger partial charge in [-0.15, -0.1) is 0 Å². The lowest BCUT2D eigenvalue weighted by molar-refractivity contribution is 0.172. The van der Waals surface area contributed by atoms with Crippen LogP contribution in [-0.2, 0) is 6.42 Å². The van der Waals surface area contributed by atoms with Gasteiger partial charge in [0.15, 0.2) is 5.75 Å². The Bertz CT molecular complexity index is 1120. The van der Waals surface area contributed by atoms with Crippen LogP contribution < -0.4 is 20.3 Å². The molecule has 0 aliphatic heterocycles. The van der Waals surface area contributed by atoms with Crippen molar-refractivity contribution < 1.29 is 19.5 Å². The number of urea groups is 1. The van der Waals surface area contributed by atoms with E-state index in [0.717, 1.165) is 24.8 Å². The van der Waals surface area contributed by atoms with Gasteiger partial charge in [-0.05, 0) is 48.7 Å². The maximum Gasteiger partial charge on any atom is 0.343 e. The fraction of sp³-hybridized carbons (Fsp3) is 0.457. The van der Waals surface area contributed by atoms with Crippen molar-refractivity contribution in [3.63, 3.8) is 0 Å². The third-order valence-corrected chi connectivity index (χ3v) is 7.25. The minimum Gasteiger partial charge on any atom is -0.457 e. The van der Waals surface area contributed by atoms with Gasteiger partial charge in [-0.2, -0.15) is 0 Å². The van der Waals surface area contributed by atoms with Gasteiger partial charge >= 0.3 is 6.03 Å². The first kappa shape index (κ1) is 32.0. The highest BCUT2D eigenvalue weighted by atomic mass is 16.5. The molecule has 41 heavy (non-hydrogen) atoms. The molecular weight excluding hydrogens is 512 g/mol. The van der Waals surface area contributed by atoms with E-state index in [1.807, 2.05) is 66.7 Å². The van der Waals surface area contributed by atoms with Crippen molar-refractivity contribution in [2.75, 3.05) is 5.32 Å². The van der Waals surface area contributed by atoms with E-state index in [2.05, 4.69) is 12.2 Å².